The van der Waals surface area contributed by atoms with Crippen LogP contribution in [0.4, 0.5) is 0 Å². The molecule has 1 rings (SSSR count). The van der Waals surface area contributed by atoms with Gasteiger partial charge in [0.25, 0.3) is 0 Å². The Morgan fingerprint density at radius 2 is 1.81 bits per heavy atom. The number of sulfonamides is 1. The van der Waals surface area contributed by atoms with Gasteiger partial charge >= 0.3 is 0 Å². The van der Waals surface area contributed by atoms with Gasteiger partial charge in [-0.2, -0.15) is 0 Å². The second-order valence-corrected chi connectivity index (χ2v) is 7.82. The van der Waals surface area contributed by atoms with E-state index < -0.39 is 15.6 Å². The van der Waals surface area contributed by atoms with Gasteiger partial charge in [0.15, 0.2) is 0 Å². The van der Waals surface area contributed by atoms with E-state index in [0.717, 1.165) is 37.1 Å². The van der Waals surface area contributed by atoms with Crippen LogP contribution in [-0.4, -0.2) is 20.5 Å². The molecule has 4 nitrogen and oxygen atoms in total. The molecular formula is C16H28N2O2S. The first-order chi connectivity index (χ1) is 9.78. The molecule has 5 heteroatoms. The lowest BCUT2D eigenvalue weighted by molar-refractivity contribution is 0.417. The molecule has 0 aliphatic heterocycles. The quantitative estimate of drug-likeness (QED) is 0.737. The summed E-state index contributed by atoms with van der Waals surface area (Å²) in [6, 6.07) is 7.73. The summed E-state index contributed by atoms with van der Waals surface area (Å²) in [6.45, 7) is 9.62. The summed E-state index contributed by atoms with van der Waals surface area (Å²) < 4.78 is 27.4. The van der Waals surface area contributed by atoms with Crippen LogP contribution in [0.1, 0.15) is 51.7 Å². The standard InChI is InChI=1S/C16H28N2O2S/c1-5-10-16(3,4)18-21(19,20)13-15-9-7-8-14(11-15)12-17-6-2/h7-9,11,17-18H,5-6,10,12-13H2,1-4H3. The van der Waals surface area contributed by atoms with Crippen LogP contribution in [-0.2, 0) is 22.3 Å². The molecule has 0 saturated carbocycles. The van der Waals surface area contributed by atoms with Crippen molar-refractivity contribution in [1.29, 1.82) is 0 Å². The van der Waals surface area contributed by atoms with E-state index >= 15 is 0 Å². The summed E-state index contributed by atoms with van der Waals surface area (Å²) in [7, 11) is -3.32. The molecule has 2 N–H and O–H groups in total. The predicted octanol–water partition coefficient (Wildman–Crippen LogP) is 2.79. The van der Waals surface area contributed by atoms with Gasteiger partial charge in [-0.1, -0.05) is 44.5 Å². The normalized spacial score (nSPS) is 12.6. The van der Waals surface area contributed by atoms with Gasteiger partial charge < -0.3 is 5.32 Å². The first kappa shape index (κ1) is 18.1. The molecule has 0 aliphatic rings. The number of nitrogens with one attached hydrogen (secondary N) is 2. The Kier molecular flexibility index (Phi) is 6.84. The highest BCUT2D eigenvalue weighted by Crippen LogP contribution is 2.15. The maximum Gasteiger partial charge on any atom is 0.216 e. The van der Waals surface area contributed by atoms with Crippen molar-refractivity contribution in [2.45, 2.75) is 58.4 Å². The summed E-state index contributed by atoms with van der Waals surface area (Å²) in [6.07, 6.45) is 1.78. The summed E-state index contributed by atoms with van der Waals surface area (Å²) in [5, 5.41) is 3.24. The van der Waals surface area contributed by atoms with Crippen LogP contribution in [0.3, 0.4) is 0 Å². The minimum absolute atomic E-state index is 0.0279. The number of benzene rings is 1. The molecule has 0 spiro atoms. The topological polar surface area (TPSA) is 58.2 Å². The van der Waals surface area contributed by atoms with Gasteiger partial charge in [0, 0.05) is 12.1 Å². The highest BCUT2D eigenvalue weighted by molar-refractivity contribution is 7.88. The third-order valence-corrected chi connectivity index (χ3v) is 4.81. The monoisotopic (exact) mass is 312 g/mol. The van der Waals surface area contributed by atoms with E-state index in [1.54, 1.807) is 0 Å². The van der Waals surface area contributed by atoms with Gasteiger partial charge in [-0.15, -0.1) is 0 Å². The Bertz CT molecular complexity index is 539. The van der Waals surface area contributed by atoms with Gasteiger partial charge in [-0.05, 0) is 37.9 Å². The van der Waals surface area contributed by atoms with Gasteiger partial charge in [0.05, 0.1) is 5.75 Å². The predicted molar refractivity (Wildman–Crippen MR) is 88.6 cm³/mol. The van der Waals surface area contributed by atoms with Crippen molar-refractivity contribution >= 4 is 10.0 Å². The molecule has 0 unspecified atom stereocenters. The molecule has 0 radical (unpaired) electrons. The molecule has 0 aromatic heterocycles. The van der Waals surface area contributed by atoms with E-state index in [9.17, 15) is 8.42 Å². The number of hydrogen-bond donors (Lipinski definition) is 2. The van der Waals surface area contributed by atoms with Crippen LogP contribution in [0.5, 0.6) is 0 Å². The lowest BCUT2D eigenvalue weighted by Crippen LogP contribution is -2.43. The summed E-state index contributed by atoms with van der Waals surface area (Å²) >= 11 is 0. The molecule has 0 aliphatic carbocycles. The Labute approximate surface area is 129 Å². The molecule has 0 atom stereocenters. The molecule has 0 bridgehead atoms. The van der Waals surface area contributed by atoms with Crippen LogP contribution in [0.2, 0.25) is 0 Å². The fourth-order valence-corrected chi connectivity index (χ4v) is 4.09. The zero-order valence-electron chi connectivity index (χ0n) is 13.6. The van der Waals surface area contributed by atoms with Crippen LogP contribution in [0.15, 0.2) is 24.3 Å². The summed E-state index contributed by atoms with van der Waals surface area (Å²) in [4.78, 5) is 0. The lowest BCUT2D eigenvalue weighted by Gasteiger charge is -2.25. The average molecular weight is 312 g/mol. The second kappa shape index (κ2) is 7.92. The number of rotatable bonds is 9. The van der Waals surface area contributed by atoms with E-state index in [0.29, 0.717) is 0 Å². The maximum absolute atomic E-state index is 12.3. The number of hydrogen-bond acceptors (Lipinski definition) is 3. The molecule has 120 valence electrons. The zero-order valence-corrected chi connectivity index (χ0v) is 14.4. The Morgan fingerprint density at radius 1 is 1.14 bits per heavy atom. The SMILES string of the molecule is CCCC(C)(C)NS(=O)(=O)Cc1cccc(CNCC)c1. The van der Waals surface area contributed by atoms with Crippen molar-refractivity contribution < 1.29 is 8.42 Å². The molecule has 0 heterocycles. The van der Waals surface area contributed by atoms with Crippen molar-refractivity contribution in [2.24, 2.45) is 0 Å². The second-order valence-electron chi connectivity index (χ2n) is 6.10. The van der Waals surface area contributed by atoms with Crippen molar-refractivity contribution in [1.82, 2.24) is 10.0 Å². The zero-order chi connectivity index (χ0) is 15.9. The fraction of sp³-hybridized carbons (Fsp3) is 0.625. The first-order valence-corrected chi connectivity index (χ1v) is 9.23. The van der Waals surface area contributed by atoms with Crippen molar-refractivity contribution in [3.63, 3.8) is 0 Å². The van der Waals surface area contributed by atoms with E-state index in [2.05, 4.69) is 17.0 Å². The summed E-state index contributed by atoms with van der Waals surface area (Å²) in [5.41, 5.74) is 1.54. The fourth-order valence-electron chi connectivity index (χ4n) is 2.45. The van der Waals surface area contributed by atoms with E-state index in [-0.39, 0.29) is 5.75 Å². The Balaban J connectivity index is 2.75. The molecule has 1 aromatic rings. The Morgan fingerprint density at radius 3 is 2.43 bits per heavy atom. The molecule has 21 heavy (non-hydrogen) atoms. The molecular weight excluding hydrogens is 284 g/mol. The van der Waals surface area contributed by atoms with Crippen LogP contribution in [0, 0.1) is 0 Å². The van der Waals surface area contributed by atoms with Crippen molar-refractivity contribution in [2.75, 3.05) is 6.54 Å². The van der Waals surface area contributed by atoms with Gasteiger partial charge in [-0.3, -0.25) is 0 Å². The smallest absolute Gasteiger partial charge is 0.216 e. The third-order valence-electron chi connectivity index (χ3n) is 3.23. The van der Waals surface area contributed by atoms with E-state index in [4.69, 9.17) is 0 Å². The molecule has 0 fully saturated rings. The Hall–Kier alpha value is -0.910. The van der Waals surface area contributed by atoms with E-state index in [1.165, 1.54) is 0 Å². The minimum Gasteiger partial charge on any atom is -0.313 e. The molecule has 0 amide bonds. The van der Waals surface area contributed by atoms with E-state index in [1.807, 2.05) is 45.0 Å². The highest BCUT2D eigenvalue weighted by Gasteiger charge is 2.24. The van der Waals surface area contributed by atoms with Crippen molar-refractivity contribution in [3.8, 4) is 0 Å². The average Bonchev–Trinajstić information content (AvgIpc) is 2.34. The first-order valence-electron chi connectivity index (χ1n) is 7.58. The van der Waals surface area contributed by atoms with Crippen LogP contribution < -0.4 is 10.0 Å². The lowest BCUT2D eigenvalue weighted by atomic mass is 10.0. The molecule has 0 saturated heterocycles. The third kappa shape index (κ3) is 7.07. The van der Waals surface area contributed by atoms with Gasteiger partial charge in [-0.25, -0.2) is 13.1 Å². The van der Waals surface area contributed by atoms with Gasteiger partial charge in [0.1, 0.15) is 0 Å². The van der Waals surface area contributed by atoms with Crippen LogP contribution >= 0.6 is 0 Å². The minimum atomic E-state index is -3.32. The summed E-state index contributed by atoms with van der Waals surface area (Å²) in [5.74, 6) is 0.0279. The van der Waals surface area contributed by atoms with Crippen LogP contribution in [0.25, 0.3) is 0 Å². The van der Waals surface area contributed by atoms with Crippen molar-refractivity contribution in [3.05, 3.63) is 35.4 Å². The molecule has 1 aromatic carbocycles. The highest BCUT2D eigenvalue weighted by atomic mass is 32.2. The largest absolute Gasteiger partial charge is 0.313 e. The maximum atomic E-state index is 12.3. The van der Waals surface area contributed by atoms with Gasteiger partial charge in [0.2, 0.25) is 10.0 Å².